The molecule has 3 nitrogen and oxygen atoms in total. The normalized spacial score (nSPS) is 10.2. The van der Waals surface area contributed by atoms with Gasteiger partial charge >= 0.3 is 0 Å². The molecule has 0 radical (unpaired) electrons. The molecule has 94 valence electrons. The number of benzene rings is 1. The van der Waals surface area contributed by atoms with Gasteiger partial charge in [0.25, 0.3) is 0 Å². The van der Waals surface area contributed by atoms with Crippen molar-refractivity contribution >= 4 is 5.69 Å². The second-order valence-corrected chi connectivity index (χ2v) is 3.97. The molecule has 18 heavy (non-hydrogen) atoms. The van der Waals surface area contributed by atoms with Gasteiger partial charge in [0.1, 0.15) is 11.6 Å². The maximum absolute atomic E-state index is 13.5. The molecule has 0 atom stereocenters. The number of pyridine rings is 1. The summed E-state index contributed by atoms with van der Waals surface area (Å²) in [5, 5.41) is 3.01. The van der Waals surface area contributed by atoms with Crippen molar-refractivity contribution in [3.05, 3.63) is 53.6 Å². The van der Waals surface area contributed by atoms with E-state index < -0.39 is 0 Å². The van der Waals surface area contributed by atoms with Crippen LogP contribution in [0.2, 0.25) is 0 Å². The highest BCUT2D eigenvalue weighted by Gasteiger charge is 2.04. The second kappa shape index (κ2) is 5.49. The molecule has 2 aromatic rings. The van der Waals surface area contributed by atoms with Crippen LogP contribution in [0.1, 0.15) is 11.4 Å². The number of hydrogen-bond acceptors (Lipinski definition) is 3. The quantitative estimate of drug-likeness (QED) is 0.899. The number of hydrogen-bond donors (Lipinski definition) is 1. The molecule has 0 unspecified atom stereocenters. The van der Waals surface area contributed by atoms with E-state index in [-0.39, 0.29) is 5.82 Å². The molecule has 0 saturated heterocycles. The van der Waals surface area contributed by atoms with Crippen molar-refractivity contribution in [3.8, 4) is 5.75 Å². The molecule has 1 heterocycles. The number of aryl methyl sites for hydroxylation is 1. The van der Waals surface area contributed by atoms with Gasteiger partial charge in [-0.25, -0.2) is 4.39 Å². The number of aromatic nitrogens is 1. The molecule has 0 aliphatic heterocycles. The van der Waals surface area contributed by atoms with Gasteiger partial charge in [0.15, 0.2) is 0 Å². The summed E-state index contributed by atoms with van der Waals surface area (Å²) in [6.45, 7) is 2.40. The molecule has 0 amide bonds. The fourth-order valence-corrected chi connectivity index (χ4v) is 1.65. The first-order valence-electron chi connectivity index (χ1n) is 5.69. The van der Waals surface area contributed by atoms with Gasteiger partial charge in [0.05, 0.1) is 25.0 Å². The van der Waals surface area contributed by atoms with E-state index in [9.17, 15) is 4.39 Å². The van der Waals surface area contributed by atoms with Crippen molar-refractivity contribution in [2.45, 2.75) is 13.5 Å². The molecule has 0 saturated carbocycles. The van der Waals surface area contributed by atoms with E-state index in [1.807, 2.05) is 25.1 Å². The van der Waals surface area contributed by atoms with Gasteiger partial charge in [0, 0.05) is 11.8 Å². The second-order valence-electron chi connectivity index (χ2n) is 3.97. The van der Waals surface area contributed by atoms with E-state index in [2.05, 4.69) is 10.3 Å². The van der Waals surface area contributed by atoms with Crippen molar-refractivity contribution in [2.24, 2.45) is 0 Å². The Morgan fingerprint density at radius 1 is 1.28 bits per heavy atom. The molecule has 0 bridgehead atoms. The van der Waals surface area contributed by atoms with Crippen LogP contribution < -0.4 is 10.1 Å². The fourth-order valence-electron chi connectivity index (χ4n) is 1.65. The molecule has 0 fully saturated rings. The average molecular weight is 246 g/mol. The van der Waals surface area contributed by atoms with Crippen LogP contribution in [-0.4, -0.2) is 12.1 Å². The smallest absolute Gasteiger partial charge is 0.146 e. The van der Waals surface area contributed by atoms with Gasteiger partial charge < -0.3 is 10.1 Å². The van der Waals surface area contributed by atoms with Crippen LogP contribution in [0.3, 0.4) is 0 Å². The average Bonchev–Trinajstić information content (AvgIpc) is 2.38. The summed E-state index contributed by atoms with van der Waals surface area (Å²) in [4.78, 5) is 4.34. The molecule has 0 spiro atoms. The Morgan fingerprint density at radius 3 is 2.83 bits per heavy atom. The topological polar surface area (TPSA) is 34.1 Å². The molecule has 4 heteroatoms. The maximum atomic E-state index is 13.5. The molecular weight excluding hydrogens is 231 g/mol. The summed E-state index contributed by atoms with van der Waals surface area (Å²) >= 11 is 0. The van der Waals surface area contributed by atoms with E-state index in [0.29, 0.717) is 18.0 Å². The summed E-state index contributed by atoms with van der Waals surface area (Å²) in [7, 11) is 1.55. The van der Waals surface area contributed by atoms with Crippen LogP contribution in [0.5, 0.6) is 5.75 Å². The summed E-state index contributed by atoms with van der Waals surface area (Å²) in [5.74, 6) is 0.319. The first-order valence-corrected chi connectivity index (χ1v) is 5.69. The molecule has 1 N–H and O–H groups in total. The fraction of sp³-hybridized carbons (Fsp3) is 0.214. The van der Waals surface area contributed by atoms with Crippen molar-refractivity contribution in [1.82, 2.24) is 4.98 Å². The van der Waals surface area contributed by atoms with Crippen molar-refractivity contribution in [3.63, 3.8) is 0 Å². The number of halogens is 1. The lowest BCUT2D eigenvalue weighted by Crippen LogP contribution is -2.04. The predicted octanol–water partition coefficient (Wildman–Crippen LogP) is 3.15. The maximum Gasteiger partial charge on any atom is 0.146 e. The van der Waals surface area contributed by atoms with Crippen molar-refractivity contribution in [1.29, 1.82) is 0 Å². The van der Waals surface area contributed by atoms with E-state index >= 15 is 0 Å². The lowest BCUT2D eigenvalue weighted by molar-refractivity contribution is 0.414. The van der Waals surface area contributed by atoms with Gasteiger partial charge in [-0.05, 0) is 31.2 Å². The third-order valence-electron chi connectivity index (χ3n) is 2.58. The Balaban J connectivity index is 2.10. The van der Waals surface area contributed by atoms with E-state index in [4.69, 9.17) is 4.74 Å². The van der Waals surface area contributed by atoms with Crippen LogP contribution in [0.25, 0.3) is 0 Å². The zero-order valence-electron chi connectivity index (χ0n) is 10.4. The number of rotatable bonds is 4. The summed E-state index contributed by atoms with van der Waals surface area (Å²) < 4.78 is 18.6. The third-order valence-corrected chi connectivity index (χ3v) is 2.58. The third kappa shape index (κ3) is 2.97. The van der Waals surface area contributed by atoms with Crippen LogP contribution in [0.4, 0.5) is 10.1 Å². The van der Waals surface area contributed by atoms with Gasteiger partial charge in [-0.1, -0.05) is 6.07 Å². The van der Waals surface area contributed by atoms with E-state index in [1.54, 1.807) is 19.2 Å². The molecule has 1 aromatic carbocycles. The Hall–Kier alpha value is -2.10. The molecule has 0 aliphatic rings. The zero-order chi connectivity index (χ0) is 13.0. The van der Waals surface area contributed by atoms with Gasteiger partial charge in [-0.2, -0.15) is 0 Å². The monoisotopic (exact) mass is 246 g/mol. The Bertz CT molecular complexity index is 543. The summed E-state index contributed by atoms with van der Waals surface area (Å²) in [6, 6.07) is 10.4. The molecule has 1 aromatic heterocycles. The van der Waals surface area contributed by atoms with E-state index in [1.165, 1.54) is 6.07 Å². The number of methoxy groups -OCH3 is 1. The van der Waals surface area contributed by atoms with Crippen LogP contribution in [-0.2, 0) is 6.54 Å². The lowest BCUT2D eigenvalue weighted by Gasteiger charge is -2.09. The van der Waals surface area contributed by atoms with Gasteiger partial charge in [0.2, 0.25) is 0 Å². The van der Waals surface area contributed by atoms with Crippen molar-refractivity contribution in [2.75, 3.05) is 12.4 Å². The number of nitrogens with one attached hydrogen (secondary N) is 1. The Kier molecular flexibility index (Phi) is 3.77. The molecule has 2 rings (SSSR count). The minimum Gasteiger partial charge on any atom is -0.497 e. The number of ether oxygens (including phenoxy) is 1. The van der Waals surface area contributed by atoms with Gasteiger partial charge in [-0.15, -0.1) is 0 Å². The largest absolute Gasteiger partial charge is 0.497 e. The zero-order valence-corrected chi connectivity index (χ0v) is 10.4. The van der Waals surface area contributed by atoms with E-state index in [0.717, 1.165) is 11.4 Å². The number of nitrogens with zero attached hydrogens (tertiary/aromatic N) is 1. The molecule has 0 aliphatic carbocycles. The van der Waals surface area contributed by atoms with Gasteiger partial charge in [-0.3, -0.25) is 4.98 Å². The first kappa shape index (κ1) is 12.4. The van der Waals surface area contributed by atoms with Crippen LogP contribution >= 0.6 is 0 Å². The summed E-state index contributed by atoms with van der Waals surface area (Å²) in [5.41, 5.74) is 2.23. The highest BCUT2D eigenvalue weighted by atomic mass is 19.1. The summed E-state index contributed by atoms with van der Waals surface area (Å²) in [6.07, 6.45) is 0. The Labute approximate surface area is 106 Å². The highest BCUT2D eigenvalue weighted by molar-refractivity contribution is 5.49. The highest BCUT2D eigenvalue weighted by Crippen LogP contribution is 2.21. The lowest BCUT2D eigenvalue weighted by atomic mass is 10.2. The SMILES string of the molecule is COc1ccc(F)c(NCc2cccc(C)n2)c1. The number of anilines is 1. The minimum absolute atomic E-state index is 0.302. The minimum atomic E-state index is -0.302. The Morgan fingerprint density at radius 2 is 2.11 bits per heavy atom. The standard InChI is InChI=1S/C14H15FN2O/c1-10-4-3-5-11(17-10)9-16-14-8-12(18-2)6-7-13(14)15/h3-8,16H,9H2,1-2H3. The first-order chi connectivity index (χ1) is 8.69. The predicted molar refractivity (Wildman–Crippen MR) is 69.3 cm³/mol. The van der Waals surface area contributed by atoms with Crippen LogP contribution in [0, 0.1) is 12.7 Å². The molecular formula is C14H15FN2O. The van der Waals surface area contributed by atoms with Crippen LogP contribution in [0.15, 0.2) is 36.4 Å². The van der Waals surface area contributed by atoms with Crippen molar-refractivity contribution < 1.29 is 9.13 Å².